The van der Waals surface area contributed by atoms with Crippen LogP contribution >= 0.6 is 0 Å². The first-order valence-electron chi connectivity index (χ1n) is 14.0. The van der Waals surface area contributed by atoms with Gasteiger partial charge in [0, 0.05) is 55.4 Å². The van der Waals surface area contributed by atoms with Gasteiger partial charge in [-0.2, -0.15) is 0 Å². The Kier molecular flexibility index (Phi) is 9.45. The first-order chi connectivity index (χ1) is 20.4. The van der Waals surface area contributed by atoms with Gasteiger partial charge in [0.25, 0.3) is 11.8 Å². The molecule has 0 unspecified atom stereocenters. The molecular weight excluding hydrogens is 540 g/mol. The third kappa shape index (κ3) is 8.42. The molecule has 0 bridgehead atoms. The van der Waals surface area contributed by atoms with Gasteiger partial charge in [-0.25, -0.2) is 0 Å². The van der Waals surface area contributed by atoms with E-state index in [1.165, 1.54) is 4.90 Å². The van der Waals surface area contributed by atoms with Crippen LogP contribution < -0.4 is 21.3 Å². The molecule has 1 heterocycles. The lowest BCUT2D eigenvalue weighted by atomic mass is 10.1. The monoisotopic (exact) mass is 578 g/mol. The Balaban J connectivity index is 1.50. The number of hydrogen-bond donors (Lipinski definition) is 3. The van der Waals surface area contributed by atoms with E-state index < -0.39 is 5.54 Å². The van der Waals surface area contributed by atoms with Crippen LogP contribution in [-0.4, -0.2) is 53.8 Å². The zero-order valence-corrected chi connectivity index (χ0v) is 25.2. The largest absolute Gasteiger partial charge is 0.397 e. The predicted octanol–water partition coefficient (Wildman–Crippen LogP) is 5.21. The van der Waals surface area contributed by atoms with E-state index in [1.807, 2.05) is 76.2 Å². The standard InChI is InChI=1S/C34H38N6O3/c1-34(2,3)38-31(41)22-40(33(43)26-10-13-28(14-11-26)39(4)5)21-23-6-8-25(9-7-23)32(42)37-30-20-27(12-15-29(30)35)24-16-18-36-19-17-24/h6-20H,21-22,35H2,1-5H3,(H,37,42)(H,38,41). The van der Waals surface area contributed by atoms with Crippen molar-refractivity contribution >= 4 is 34.8 Å². The molecule has 43 heavy (non-hydrogen) atoms. The summed E-state index contributed by atoms with van der Waals surface area (Å²) in [5.41, 5.74) is 11.2. The Morgan fingerprint density at radius 1 is 0.814 bits per heavy atom. The third-order valence-corrected chi connectivity index (χ3v) is 6.67. The van der Waals surface area contributed by atoms with E-state index in [9.17, 15) is 14.4 Å². The number of anilines is 3. The Labute approximate surface area is 252 Å². The molecule has 3 amide bonds. The van der Waals surface area contributed by atoms with Crippen molar-refractivity contribution in [3.05, 3.63) is 108 Å². The Morgan fingerprint density at radius 2 is 1.44 bits per heavy atom. The number of rotatable bonds is 9. The smallest absolute Gasteiger partial charge is 0.255 e. The van der Waals surface area contributed by atoms with Gasteiger partial charge in [0.2, 0.25) is 5.91 Å². The van der Waals surface area contributed by atoms with Crippen LogP contribution in [0.4, 0.5) is 17.1 Å². The maximum atomic E-state index is 13.5. The number of amides is 3. The molecule has 0 saturated carbocycles. The lowest BCUT2D eigenvalue weighted by molar-refractivity contribution is -0.123. The normalized spacial score (nSPS) is 11.0. The predicted molar refractivity (Wildman–Crippen MR) is 172 cm³/mol. The van der Waals surface area contributed by atoms with Gasteiger partial charge in [-0.3, -0.25) is 19.4 Å². The van der Waals surface area contributed by atoms with Crippen molar-refractivity contribution in [2.45, 2.75) is 32.9 Å². The van der Waals surface area contributed by atoms with Gasteiger partial charge in [0.1, 0.15) is 6.54 Å². The fourth-order valence-corrected chi connectivity index (χ4v) is 4.48. The Bertz CT molecular complexity index is 1580. The van der Waals surface area contributed by atoms with E-state index in [0.717, 1.165) is 22.4 Å². The average Bonchev–Trinajstić information content (AvgIpc) is 2.97. The van der Waals surface area contributed by atoms with Crippen molar-refractivity contribution in [1.82, 2.24) is 15.2 Å². The minimum atomic E-state index is -0.435. The topological polar surface area (TPSA) is 121 Å². The summed E-state index contributed by atoms with van der Waals surface area (Å²) in [5.74, 6) is -0.835. The maximum absolute atomic E-state index is 13.5. The molecule has 0 saturated heterocycles. The zero-order valence-electron chi connectivity index (χ0n) is 25.2. The van der Waals surface area contributed by atoms with Gasteiger partial charge < -0.3 is 26.2 Å². The molecule has 1 aromatic heterocycles. The highest BCUT2D eigenvalue weighted by atomic mass is 16.2. The molecule has 9 nitrogen and oxygen atoms in total. The maximum Gasteiger partial charge on any atom is 0.255 e. The van der Waals surface area contributed by atoms with E-state index in [2.05, 4.69) is 15.6 Å². The lowest BCUT2D eigenvalue weighted by Gasteiger charge is -2.26. The van der Waals surface area contributed by atoms with Crippen LogP contribution in [0.5, 0.6) is 0 Å². The minimum Gasteiger partial charge on any atom is -0.397 e. The molecule has 0 aliphatic carbocycles. The molecule has 0 aliphatic heterocycles. The number of pyridine rings is 1. The molecule has 4 N–H and O–H groups in total. The zero-order chi connectivity index (χ0) is 31.1. The summed E-state index contributed by atoms with van der Waals surface area (Å²) >= 11 is 0. The molecule has 0 radical (unpaired) electrons. The van der Waals surface area contributed by atoms with Crippen molar-refractivity contribution in [3.63, 3.8) is 0 Å². The van der Waals surface area contributed by atoms with Gasteiger partial charge in [-0.15, -0.1) is 0 Å². The fourth-order valence-electron chi connectivity index (χ4n) is 4.48. The molecule has 0 fully saturated rings. The summed E-state index contributed by atoms with van der Waals surface area (Å²) in [6, 6.07) is 23.4. The van der Waals surface area contributed by atoms with E-state index in [0.29, 0.717) is 22.5 Å². The third-order valence-electron chi connectivity index (χ3n) is 6.67. The van der Waals surface area contributed by atoms with Crippen LogP contribution in [-0.2, 0) is 11.3 Å². The summed E-state index contributed by atoms with van der Waals surface area (Å²) in [6.45, 7) is 5.76. The summed E-state index contributed by atoms with van der Waals surface area (Å²) in [6.07, 6.45) is 3.41. The highest BCUT2D eigenvalue weighted by molar-refractivity contribution is 6.06. The second kappa shape index (κ2) is 13.2. The number of nitrogens with one attached hydrogen (secondary N) is 2. The van der Waals surface area contributed by atoms with Crippen molar-refractivity contribution in [2.75, 3.05) is 36.6 Å². The number of nitrogens with zero attached hydrogens (tertiary/aromatic N) is 3. The SMILES string of the molecule is CN(C)c1ccc(C(=O)N(CC(=O)NC(C)(C)C)Cc2ccc(C(=O)Nc3cc(-c4ccncc4)ccc3N)cc2)cc1. The molecule has 0 atom stereocenters. The van der Waals surface area contributed by atoms with Crippen molar-refractivity contribution in [2.24, 2.45) is 0 Å². The van der Waals surface area contributed by atoms with Crippen molar-refractivity contribution < 1.29 is 14.4 Å². The van der Waals surface area contributed by atoms with Gasteiger partial charge in [-0.1, -0.05) is 18.2 Å². The first-order valence-corrected chi connectivity index (χ1v) is 14.0. The number of carbonyl (C=O) groups excluding carboxylic acids is 3. The molecule has 0 spiro atoms. The van der Waals surface area contributed by atoms with E-state index in [-0.39, 0.29) is 30.8 Å². The molecule has 4 aromatic rings. The Hall–Kier alpha value is -5.18. The summed E-state index contributed by atoms with van der Waals surface area (Å²) in [4.78, 5) is 46.9. The number of carbonyl (C=O) groups is 3. The van der Waals surface area contributed by atoms with E-state index in [1.54, 1.807) is 54.9 Å². The van der Waals surface area contributed by atoms with Gasteiger partial charge >= 0.3 is 0 Å². The van der Waals surface area contributed by atoms with Crippen molar-refractivity contribution in [3.8, 4) is 11.1 Å². The van der Waals surface area contributed by atoms with Gasteiger partial charge in [-0.05, 0) is 98.1 Å². The highest BCUT2D eigenvalue weighted by Crippen LogP contribution is 2.27. The Morgan fingerprint density at radius 3 is 2.05 bits per heavy atom. The van der Waals surface area contributed by atoms with Gasteiger partial charge in [0.05, 0.1) is 11.4 Å². The number of nitrogen functional groups attached to an aromatic ring is 1. The van der Waals surface area contributed by atoms with E-state index in [4.69, 9.17) is 5.73 Å². The summed E-state index contributed by atoms with van der Waals surface area (Å²) in [5, 5.41) is 5.82. The highest BCUT2D eigenvalue weighted by Gasteiger charge is 2.22. The number of nitrogens with two attached hydrogens (primary N) is 1. The molecule has 3 aromatic carbocycles. The lowest BCUT2D eigenvalue weighted by Crippen LogP contribution is -2.47. The number of aromatic nitrogens is 1. The van der Waals surface area contributed by atoms with Crippen LogP contribution in [0.2, 0.25) is 0 Å². The van der Waals surface area contributed by atoms with E-state index >= 15 is 0 Å². The molecule has 0 aliphatic rings. The molecule has 9 heteroatoms. The average molecular weight is 579 g/mol. The van der Waals surface area contributed by atoms with Crippen LogP contribution in [0, 0.1) is 0 Å². The van der Waals surface area contributed by atoms with Gasteiger partial charge in [0.15, 0.2) is 0 Å². The fraction of sp³-hybridized carbons (Fsp3) is 0.235. The van der Waals surface area contributed by atoms with Crippen LogP contribution in [0.15, 0.2) is 91.3 Å². The summed E-state index contributed by atoms with van der Waals surface area (Å²) in [7, 11) is 3.86. The molecule has 222 valence electrons. The number of hydrogen-bond acceptors (Lipinski definition) is 6. The van der Waals surface area contributed by atoms with Crippen LogP contribution in [0.25, 0.3) is 11.1 Å². The summed E-state index contributed by atoms with van der Waals surface area (Å²) < 4.78 is 0. The quantitative estimate of drug-likeness (QED) is 0.235. The first kappa shape index (κ1) is 30.8. The van der Waals surface area contributed by atoms with Crippen molar-refractivity contribution in [1.29, 1.82) is 0 Å². The molecule has 4 rings (SSSR count). The minimum absolute atomic E-state index is 0.110. The molecular formula is C34H38N6O3. The van der Waals surface area contributed by atoms with Crippen LogP contribution in [0.1, 0.15) is 47.1 Å². The van der Waals surface area contributed by atoms with Crippen LogP contribution in [0.3, 0.4) is 0 Å². The second-order valence-electron chi connectivity index (χ2n) is 11.6. The number of benzene rings is 3. The second-order valence-corrected chi connectivity index (χ2v) is 11.6.